The Morgan fingerprint density at radius 3 is 2.54 bits per heavy atom. The Bertz CT molecular complexity index is 684. The third-order valence-electron chi connectivity index (χ3n) is 4.28. The van der Waals surface area contributed by atoms with Crippen LogP contribution in [-0.4, -0.2) is 32.2 Å². The summed E-state index contributed by atoms with van der Waals surface area (Å²) in [5.41, 5.74) is 2.29. The van der Waals surface area contributed by atoms with Crippen molar-refractivity contribution >= 4 is 5.96 Å². The third kappa shape index (κ3) is 4.28. The normalized spacial score (nSPS) is 19.7. The van der Waals surface area contributed by atoms with Crippen molar-refractivity contribution in [2.24, 2.45) is 10.9 Å². The summed E-state index contributed by atoms with van der Waals surface area (Å²) in [6.07, 6.45) is 1.22. The van der Waals surface area contributed by atoms with E-state index in [1.165, 1.54) is 12.0 Å². The molecule has 0 radical (unpaired) electrons. The van der Waals surface area contributed by atoms with Crippen molar-refractivity contribution in [2.45, 2.75) is 19.4 Å². The first-order valence-corrected chi connectivity index (χ1v) is 8.52. The highest BCUT2D eigenvalue weighted by molar-refractivity contribution is 5.80. The molecule has 2 aromatic carbocycles. The van der Waals surface area contributed by atoms with Crippen LogP contribution in [0.25, 0.3) is 11.1 Å². The number of nitrogens with one attached hydrogen (secondary N) is 2. The van der Waals surface area contributed by atoms with Crippen LogP contribution in [0.15, 0.2) is 59.6 Å². The number of para-hydroxylation sites is 1. The van der Waals surface area contributed by atoms with Crippen LogP contribution >= 0.6 is 0 Å². The van der Waals surface area contributed by atoms with Gasteiger partial charge in [-0.05, 0) is 24.0 Å². The van der Waals surface area contributed by atoms with Gasteiger partial charge in [-0.25, -0.2) is 0 Å². The molecule has 3 rings (SSSR count). The monoisotopic (exact) mass is 323 g/mol. The predicted octanol–water partition coefficient (Wildman–Crippen LogP) is 3.31. The molecule has 2 aromatic rings. The lowest BCUT2D eigenvalue weighted by Gasteiger charge is -2.14. The van der Waals surface area contributed by atoms with Crippen molar-refractivity contribution in [3.05, 3.63) is 54.6 Å². The summed E-state index contributed by atoms with van der Waals surface area (Å²) in [5, 5.41) is 6.71. The molecule has 1 fully saturated rings. The summed E-state index contributed by atoms with van der Waals surface area (Å²) in [7, 11) is 1.80. The Morgan fingerprint density at radius 2 is 1.83 bits per heavy atom. The molecule has 2 N–H and O–H groups in total. The third-order valence-corrected chi connectivity index (χ3v) is 4.28. The van der Waals surface area contributed by atoms with E-state index in [-0.39, 0.29) is 0 Å². The maximum atomic E-state index is 5.98. The fourth-order valence-corrected chi connectivity index (χ4v) is 2.67. The van der Waals surface area contributed by atoms with Crippen LogP contribution in [0.3, 0.4) is 0 Å². The lowest BCUT2D eigenvalue weighted by atomic mass is 10.1. The average Bonchev–Trinajstić information content (AvgIpc) is 3.33. The predicted molar refractivity (Wildman–Crippen MR) is 99.4 cm³/mol. The van der Waals surface area contributed by atoms with Crippen LogP contribution in [0.1, 0.15) is 13.3 Å². The van der Waals surface area contributed by atoms with Crippen LogP contribution in [-0.2, 0) is 0 Å². The SMILES string of the molecule is CN=C(NCCOc1ccccc1-c1ccccc1)NC1CC1C. The minimum atomic E-state index is 0.566. The maximum Gasteiger partial charge on any atom is 0.191 e. The van der Waals surface area contributed by atoms with Crippen LogP contribution < -0.4 is 15.4 Å². The van der Waals surface area contributed by atoms with Gasteiger partial charge < -0.3 is 15.4 Å². The highest BCUT2D eigenvalue weighted by Crippen LogP contribution is 2.29. The Morgan fingerprint density at radius 1 is 1.12 bits per heavy atom. The van der Waals surface area contributed by atoms with E-state index in [9.17, 15) is 0 Å². The van der Waals surface area contributed by atoms with E-state index in [0.717, 1.165) is 23.2 Å². The summed E-state index contributed by atoms with van der Waals surface area (Å²) in [5.74, 6) is 2.51. The van der Waals surface area contributed by atoms with Gasteiger partial charge >= 0.3 is 0 Å². The molecule has 1 aliphatic rings. The molecule has 2 atom stereocenters. The van der Waals surface area contributed by atoms with Crippen molar-refractivity contribution in [1.82, 2.24) is 10.6 Å². The van der Waals surface area contributed by atoms with Crippen molar-refractivity contribution in [1.29, 1.82) is 0 Å². The van der Waals surface area contributed by atoms with Crippen molar-refractivity contribution in [2.75, 3.05) is 20.2 Å². The fraction of sp³-hybridized carbons (Fsp3) is 0.350. The first-order valence-electron chi connectivity index (χ1n) is 8.52. The Hall–Kier alpha value is -2.49. The summed E-state index contributed by atoms with van der Waals surface area (Å²) >= 11 is 0. The standard InChI is InChI=1S/C20H25N3O/c1-15-14-18(15)23-20(21-2)22-12-13-24-19-11-7-6-10-17(19)16-8-4-3-5-9-16/h3-11,15,18H,12-14H2,1-2H3,(H2,21,22,23). The van der Waals surface area contributed by atoms with Gasteiger partial charge in [-0.3, -0.25) is 4.99 Å². The van der Waals surface area contributed by atoms with Gasteiger partial charge in [0.25, 0.3) is 0 Å². The molecule has 24 heavy (non-hydrogen) atoms. The Labute approximate surface area is 144 Å². The molecular weight excluding hydrogens is 298 g/mol. The van der Waals surface area contributed by atoms with Gasteiger partial charge in [0.05, 0.1) is 6.54 Å². The number of aliphatic imine (C=N–C) groups is 1. The molecule has 4 heteroatoms. The van der Waals surface area contributed by atoms with Crippen LogP contribution in [0.2, 0.25) is 0 Å². The van der Waals surface area contributed by atoms with Gasteiger partial charge in [0.15, 0.2) is 5.96 Å². The Balaban J connectivity index is 1.52. The summed E-state index contributed by atoms with van der Waals surface area (Å²) in [6, 6.07) is 19.0. The second-order valence-electron chi connectivity index (χ2n) is 6.17. The molecule has 0 spiro atoms. The number of guanidine groups is 1. The first kappa shape index (κ1) is 16.4. The van der Waals surface area contributed by atoms with Gasteiger partial charge in [-0.1, -0.05) is 55.5 Å². The minimum absolute atomic E-state index is 0.566. The second kappa shape index (κ2) is 7.86. The Kier molecular flexibility index (Phi) is 5.36. The molecule has 0 bridgehead atoms. The van der Waals surface area contributed by atoms with Crippen LogP contribution in [0.4, 0.5) is 0 Å². The van der Waals surface area contributed by atoms with Gasteiger partial charge in [0.1, 0.15) is 12.4 Å². The molecule has 1 aliphatic carbocycles. The number of nitrogens with zero attached hydrogens (tertiary/aromatic N) is 1. The molecule has 0 saturated heterocycles. The van der Waals surface area contributed by atoms with Gasteiger partial charge in [-0.15, -0.1) is 0 Å². The van der Waals surface area contributed by atoms with Crippen molar-refractivity contribution in [3.8, 4) is 16.9 Å². The van der Waals surface area contributed by atoms with E-state index in [1.807, 2.05) is 36.4 Å². The number of ether oxygens (including phenoxy) is 1. The average molecular weight is 323 g/mol. The van der Waals surface area contributed by atoms with Crippen LogP contribution in [0.5, 0.6) is 5.75 Å². The van der Waals surface area contributed by atoms with Gasteiger partial charge in [-0.2, -0.15) is 0 Å². The zero-order valence-electron chi connectivity index (χ0n) is 14.3. The molecule has 1 saturated carbocycles. The lowest BCUT2D eigenvalue weighted by Crippen LogP contribution is -2.40. The fourth-order valence-electron chi connectivity index (χ4n) is 2.67. The van der Waals surface area contributed by atoms with E-state index in [2.05, 4.69) is 40.7 Å². The van der Waals surface area contributed by atoms with Gasteiger partial charge in [0, 0.05) is 18.7 Å². The minimum Gasteiger partial charge on any atom is -0.491 e. The zero-order chi connectivity index (χ0) is 16.8. The van der Waals surface area contributed by atoms with Crippen molar-refractivity contribution < 1.29 is 4.74 Å². The second-order valence-corrected chi connectivity index (χ2v) is 6.17. The molecule has 0 aliphatic heterocycles. The van der Waals surface area contributed by atoms with Crippen LogP contribution in [0, 0.1) is 5.92 Å². The van der Waals surface area contributed by atoms with E-state index >= 15 is 0 Å². The topological polar surface area (TPSA) is 45.7 Å². The van der Waals surface area contributed by atoms with Crippen molar-refractivity contribution in [3.63, 3.8) is 0 Å². The molecule has 0 amide bonds. The summed E-state index contributed by atoms with van der Waals surface area (Å²) < 4.78 is 5.98. The molecule has 126 valence electrons. The molecule has 4 nitrogen and oxygen atoms in total. The number of hydrogen-bond donors (Lipinski definition) is 2. The molecule has 2 unspecified atom stereocenters. The largest absolute Gasteiger partial charge is 0.491 e. The maximum absolute atomic E-state index is 5.98. The number of hydrogen-bond acceptors (Lipinski definition) is 2. The summed E-state index contributed by atoms with van der Waals surface area (Å²) in [6.45, 7) is 3.54. The van der Waals surface area contributed by atoms with E-state index in [1.54, 1.807) is 7.05 Å². The molecule has 0 heterocycles. The van der Waals surface area contributed by atoms with E-state index in [0.29, 0.717) is 19.2 Å². The smallest absolute Gasteiger partial charge is 0.191 e. The van der Waals surface area contributed by atoms with E-state index < -0.39 is 0 Å². The quantitative estimate of drug-likeness (QED) is 0.487. The number of rotatable bonds is 6. The zero-order valence-corrected chi connectivity index (χ0v) is 14.3. The molecule has 0 aromatic heterocycles. The molecular formula is C20H25N3O. The lowest BCUT2D eigenvalue weighted by molar-refractivity contribution is 0.323. The van der Waals surface area contributed by atoms with E-state index in [4.69, 9.17) is 4.74 Å². The van der Waals surface area contributed by atoms with Gasteiger partial charge in [0.2, 0.25) is 0 Å². The summed E-state index contributed by atoms with van der Waals surface area (Å²) in [4.78, 5) is 4.25. The number of benzene rings is 2. The first-order chi connectivity index (χ1) is 11.8. The highest BCUT2D eigenvalue weighted by atomic mass is 16.5. The highest BCUT2D eigenvalue weighted by Gasteiger charge is 2.33.